The molecule has 0 aliphatic heterocycles. The Morgan fingerprint density at radius 2 is 1.69 bits per heavy atom. The highest BCUT2D eigenvalue weighted by Gasteiger charge is 2.30. The first-order chi connectivity index (χ1) is 17.0. The van der Waals surface area contributed by atoms with Crippen molar-refractivity contribution in [2.75, 3.05) is 17.1 Å². The fourth-order valence-electron chi connectivity index (χ4n) is 3.79. The summed E-state index contributed by atoms with van der Waals surface area (Å²) in [7, 11) is -3.53. The van der Waals surface area contributed by atoms with E-state index >= 15 is 0 Å². The molecule has 2 atom stereocenters. The molecule has 0 saturated heterocycles. The second-order valence-corrected chi connectivity index (χ2v) is 11.5. The first-order valence-corrected chi connectivity index (χ1v) is 14.6. The standard InChI is InChI=1S/C26H35Cl2N3O4S/c1-5-19(3)29-26(33)24(6-2)30(18-20-14-15-21(27)17-23(20)28)25(32)13-10-16-31(36(4,34)35)22-11-8-7-9-12-22/h7-9,11-12,14-15,17,19,24H,5-6,10,13,16,18H2,1-4H3,(H,29,33)/t19-,24+/m0/s1. The number of carbonyl (C=O) groups is 2. The summed E-state index contributed by atoms with van der Waals surface area (Å²) in [5.74, 6) is -0.485. The Hall–Kier alpha value is -2.29. The van der Waals surface area contributed by atoms with E-state index in [1.54, 1.807) is 42.5 Å². The molecule has 0 unspecified atom stereocenters. The van der Waals surface area contributed by atoms with Crippen LogP contribution in [-0.2, 0) is 26.2 Å². The van der Waals surface area contributed by atoms with Crippen molar-refractivity contribution >= 4 is 50.7 Å². The van der Waals surface area contributed by atoms with Gasteiger partial charge in [0.1, 0.15) is 6.04 Å². The van der Waals surface area contributed by atoms with Crippen LogP contribution in [-0.4, -0.2) is 50.0 Å². The Kier molecular flexibility index (Phi) is 11.5. The fraction of sp³-hybridized carbons (Fsp3) is 0.462. The van der Waals surface area contributed by atoms with E-state index in [0.29, 0.717) is 27.7 Å². The topological polar surface area (TPSA) is 86.8 Å². The SMILES string of the molecule is CC[C@H](C(=O)N[C@@H](C)CC)N(Cc1ccc(Cl)cc1Cl)C(=O)CCCN(c1ccccc1)S(C)(=O)=O. The fourth-order valence-corrected chi connectivity index (χ4v) is 5.23. The number of nitrogens with one attached hydrogen (secondary N) is 1. The van der Waals surface area contributed by atoms with Gasteiger partial charge >= 0.3 is 0 Å². The molecule has 198 valence electrons. The number of nitrogens with zero attached hydrogens (tertiary/aromatic N) is 2. The monoisotopic (exact) mass is 555 g/mol. The molecule has 10 heteroatoms. The summed E-state index contributed by atoms with van der Waals surface area (Å²) >= 11 is 12.4. The Balaban J connectivity index is 2.25. The van der Waals surface area contributed by atoms with E-state index in [9.17, 15) is 18.0 Å². The number of carbonyl (C=O) groups excluding carboxylic acids is 2. The van der Waals surface area contributed by atoms with Crippen molar-refractivity contribution in [3.8, 4) is 0 Å². The number of halogens is 2. The van der Waals surface area contributed by atoms with Gasteiger partial charge in [-0.3, -0.25) is 13.9 Å². The highest BCUT2D eigenvalue weighted by molar-refractivity contribution is 7.92. The number of sulfonamides is 1. The molecule has 0 aliphatic rings. The van der Waals surface area contributed by atoms with E-state index in [2.05, 4.69) is 5.32 Å². The van der Waals surface area contributed by atoms with E-state index in [4.69, 9.17) is 23.2 Å². The van der Waals surface area contributed by atoms with Crippen molar-refractivity contribution < 1.29 is 18.0 Å². The lowest BCUT2D eigenvalue weighted by Gasteiger charge is -2.32. The van der Waals surface area contributed by atoms with E-state index in [-0.39, 0.29) is 43.8 Å². The number of para-hydroxylation sites is 1. The zero-order chi connectivity index (χ0) is 26.9. The second-order valence-electron chi connectivity index (χ2n) is 8.77. The van der Waals surface area contributed by atoms with Crippen molar-refractivity contribution in [3.63, 3.8) is 0 Å². The predicted octanol–water partition coefficient (Wildman–Crippen LogP) is 5.26. The van der Waals surface area contributed by atoms with Crippen LogP contribution in [0.15, 0.2) is 48.5 Å². The lowest BCUT2D eigenvalue weighted by molar-refractivity contribution is -0.141. The Labute approximate surface area is 224 Å². The van der Waals surface area contributed by atoms with Crippen molar-refractivity contribution in [3.05, 3.63) is 64.1 Å². The highest BCUT2D eigenvalue weighted by Crippen LogP contribution is 2.25. The normalized spacial score (nSPS) is 13.1. The van der Waals surface area contributed by atoms with Crippen LogP contribution < -0.4 is 9.62 Å². The molecule has 2 rings (SSSR count). The average Bonchev–Trinajstić information content (AvgIpc) is 2.82. The highest BCUT2D eigenvalue weighted by atomic mass is 35.5. The summed E-state index contributed by atoms with van der Waals surface area (Å²) in [6.45, 7) is 6.01. The summed E-state index contributed by atoms with van der Waals surface area (Å²) in [5, 5.41) is 3.85. The summed E-state index contributed by atoms with van der Waals surface area (Å²) in [6, 6.07) is 13.1. The molecule has 0 bridgehead atoms. The van der Waals surface area contributed by atoms with Crippen LogP contribution in [0.5, 0.6) is 0 Å². The van der Waals surface area contributed by atoms with Gasteiger partial charge in [0, 0.05) is 35.6 Å². The van der Waals surface area contributed by atoms with Crippen molar-refractivity contribution in [1.82, 2.24) is 10.2 Å². The van der Waals surface area contributed by atoms with Gasteiger partial charge in [-0.05, 0) is 56.0 Å². The summed E-state index contributed by atoms with van der Waals surface area (Å²) < 4.78 is 26.0. The summed E-state index contributed by atoms with van der Waals surface area (Å²) in [5.41, 5.74) is 1.21. The maximum Gasteiger partial charge on any atom is 0.243 e. The Bertz CT molecular complexity index is 1130. The third-order valence-electron chi connectivity index (χ3n) is 5.94. The van der Waals surface area contributed by atoms with E-state index < -0.39 is 16.1 Å². The molecule has 0 saturated carbocycles. The minimum atomic E-state index is -3.53. The maximum absolute atomic E-state index is 13.5. The van der Waals surface area contributed by atoms with Crippen LogP contribution in [0, 0.1) is 0 Å². The average molecular weight is 557 g/mol. The molecule has 0 aliphatic carbocycles. The Morgan fingerprint density at radius 3 is 2.25 bits per heavy atom. The van der Waals surface area contributed by atoms with Crippen LogP contribution in [0.2, 0.25) is 10.0 Å². The van der Waals surface area contributed by atoms with Gasteiger partial charge in [0.05, 0.1) is 11.9 Å². The van der Waals surface area contributed by atoms with Gasteiger partial charge in [0.25, 0.3) is 0 Å². The van der Waals surface area contributed by atoms with Gasteiger partial charge in [-0.15, -0.1) is 0 Å². The van der Waals surface area contributed by atoms with Gasteiger partial charge in [-0.1, -0.05) is 61.3 Å². The molecule has 1 N–H and O–H groups in total. The van der Waals surface area contributed by atoms with Crippen molar-refractivity contribution in [1.29, 1.82) is 0 Å². The number of anilines is 1. The first kappa shape index (κ1) is 29.9. The number of amides is 2. The predicted molar refractivity (Wildman–Crippen MR) is 147 cm³/mol. The zero-order valence-corrected chi connectivity index (χ0v) is 23.5. The molecular formula is C26H35Cl2N3O4S. The zero-order valence-electron chi connectivity index (χ0n) is 21.2. The van der Waals surface area contributed by atoms with E-state index in [0.717, 1.165) is 12.7 Å². The lowest BCUT2D eigenvalue weighted by atomic mass is 10.1. The van der Waals surface area contributed by atoms with Crippen molar-refractivity contribution in [2.24, 2.45) is 0 Å². The molecule has 2 amide bonds. The van der Waals surface area contributed by atoms with Crippen molar-refractivity contribution in [2.45, 2.75) is 65.1 Å². The lowest BCUT2D eigenvalue weighted by Crippen LogP contribution is -2.50. The number of hydrogen-bond acceptors (Lipinski definition) is 4. The third kappa shape index (κ3) is 8.68. The summed E-state index contributed by atoms with van der Waals surface area (Å²) in [6.07, 6.45) is 2.67. The maximum atomic E-state index is 13.5. The smallest absolute Gasteiger partial charge is 0.243 e. The quantitative estimate of drug-likeness (QED) is 0.365. The molecule has 2 aromatic carbocycles. The largest absolute Gasteiger partial charge is 0.352 e. The minimum Gasteiger partial charge on any atom is -0.352 e. The van der Waals surface area contributed by atoms with Gasteiger partial charge in [-0.2, -0.15) is 0 Å². The summed E-state index contributed by atoms with van der Waals surface area (Å²) in [4.78, 5) is 28.1. The van der Waals surface area contributed by atoms with E-state index in [1.165, 1.54) is 9.21 Å². The van der Waals surface area contributed by atoms with Crippen LogP contribution in [0.4, 0.5) is 5.69 Å². The number of hydrogen-bond donors (Lipinski definition) is 1. The van der Waals surface area contributed by atoms with Crippen LogP contribution in [0.1, 0.15) is 52.0 Å². The second kappa shape index (κ2) is 13.9. The molecule has 0 heterocycles. The van der Waals surface area contributed by atoms with Gasteiger partial charge in [0.15, 0.2) is 0 Å². The van der Waals surface area contributed by atoms with Crippen LogP contribution in [0.3, 0.4) is 0 Å². The third-order valence-corrected chi connectivity index (χ3v) is 7.72. The van der Waals surface area contributed by atoms with Gasteiger partial charge in [0.2, 0.25) is 21.8 Å². The minimum absolute atomic E-state index is 0.0307. The number of benzene rings is 2. The van der Waals surface area contributed by atoms with E-state index in [1.807, 2.05) is 26.8 Å². The number of rotatable bonds is 13. The molecule has 0 fully saturated rings. The van der Waals surface area contributed by atoms with Gasteiger partial charge < -0.3 is 10.2 Å². The Morgan fingerprint density at radius 1 is 1.03 bits per heavy atom. The first-order valence-electron chi connectivity index (χ1n) is 12.0. The van der Waals surface area contributed by atoms with Crippen LogP contribution >= 0.6 is 23.2 Å². The molecule has 0 spiro atoms. The molecule has 2 aromatic rings. The molecule has 7 nitrogen and oxygen atoms in total. The molecule has 0 aromatic heterocycles. The van der Waals surface area contributed by atoms with Gasteiger partial charge in [-0.25, -0.2) is 8.42 Å². The van der Waals surface area contributed by atoms with Crippen LogP contribution in [0.25, 0.3) is 0 Å². The molecule has 0 radical (unpaired) electrons. The molecule has 36 heavy (non-hydrogen) atoms. The molecular weight excluding hydrogens is 521 g/mol.